The van der Waals surface area contributed by atoms with Crippen molar-refractivity contribution >= 4 is 27.5 Å². The molecule has 3 aromatic carbocycles. The van der Waals surface area contributed by atoms with Crippen molar-refractivity contribution in [3.05, 3.63) is 108 Å². The molecule has 0 aromatic heterocycles. The van der Waals surface area contributed by atoms with Gasteiger partial charge in [-0.25, -0.2) is 0 Å². The lowest BCUT2D eigenvalue weighted by Crippen LogP contribution is -2.55. The Labute approximate surface area is 245 Å². The fourth-order valence-electron chi connectivity index (χ4n) is 5.28. The van der Waals surface area contributed by atoms with Crippen molar-refractivity contribution in [2.45, 2.75) is 55.0 Å². The van der Waals surface area contributed by atoms with Gasteiger partial charge in [-0.05, 0) is 42.9 Å². The zero-order valence-corrected chi connectivity index (χ0v) is 25.0. The molecule has 0 radical (unpaired) electrons. The standard InChI is InChI=1S/C32H39NO5S2/c1-25(34)23-38-31(30(36-2,37-3)24-39-40-31)22-14-13-21-29(35)33-32(26-15-7-4-8-16-26,27-17-9-5-10-18-27)28-19-11-6-12-20-28/h4-12,15-20,25,34H,13-14,21-24H2,1-3H3,(H,33,35). The van der Waals surface area contributed by atoms with E-state index < -0.39 is 22.4 Å². The molecule has 2 N–H and O–H groups in total. The van der Waals surface area contributed by atoms with E-state index in [1.165, 1.54) is 0 Å². The lowest BCUT2D eigenvalue weighted by Gasteiger charge is -2.42. The third kappa shape index (κ3) is 6.43. The number of benzene rings is 3. The molecule has 2 atom stereocenters. The van der Waals surface area contributed by atoms with E-state index in [0.717, 1.165) is 23.1 Å². The Kier molecular flexibility index (Phi) is 10.7. The highest BCUT2D eigenvalue weighted by Crippen LogP contribution is 2.57. The minimum atomic E-state index is -0.928. The van der Waals surface area contributed by atoms with E-state index in [-0.39, 0.29) is 12.5 Å². The monoisotopic (exact) mass is 581 g/mol. The number of carbonyl (C=O) groups excluding carboxylic acids is 1. The number of nitrogens with one attached hydrogen (secondary N) is 1. The van der Waals surface area contributed by atoms with Gasteiger partial charge in [0.1, 0.15) is 5.54 Å². The fraction of sp³-hybridized carbons (Fsp3) is 0.406. The lowest BCUT2D eigenvalue weighted by molar-refractivity contribution is -0.271. The number of carbonyl (C=O) groups is 1. The molecule has 0 bridgehead atoms. The van der Waals surface area contributed by atoms with Crippen molar-refractivity contribution in [3.63, 3.8) is 0 Å². The van der Waals surface area contributed by atoms with Crippen LogP contribution in [0, 0.1) is 0 Å². The second kappa shape index (κ2) is 14.0. The molecule has 8 heteroatoms. The van der Waals surface area contributed by atoms with Crippen LogP contribution in [0.5, 0.6) is 0 Å². The number of methoxy groups -OCH3 is 2. The van der Waals surface area contributed by atoms with Crippen LogP contribution in [0.15, 0.2) is 91.0 Å². The largest absolute Gasteiger partial charge is 0.391 e. The van der Waals surface area contributed by atoms with E-state index in [2.05, 4.69) is 41.7 Å². The van der Waals surface area contributed by atoms with Gasteiger partial charge in [0.05, 0.1) is 18.5 Å². The van der Waals surface area contributed by atoms with Crippen molar-refractivity contribution in [1.82, 2.24) is 5.32 Å². The molecule has 1 fully saturated rings. The van der Waals surface area contributed by atoms with Gasteiger partial charge in [0, 0.05) is 20.6 Å². The van der Waals surface area contributed by atoms with Crippen molar-refractivity contribution < 1.29 is 24.1 Å². The smallest absolute Gasteiger partial charge is 0.221 e. The Morgan fingerprint density at radius 3 is 1.85 bits per heavy atom. The van der Waals surface area contributed by atoms with E-state index in [0.29, 0.717) is 25.0 Å². The van der Waals surface area contributed by atoms with Gasteiger partial charge < -0.3 is 24.6 Å². The molecule has 2 unspecified atom stereocenters. The van der Waals surface area contributed by atoms with Crippen LogP contribution in [-0.4, -0.2) is 54.4 Å². The SMILES string of the molecule is COC1(OC)CSSC1(CCCCC(=O)NC(c1ccccc1)(c1ccccc1)c1ccccc1)OCC(C)O. The van der Waals surface area contributed by atoms with Crippen LogP contribution >= 0.6 is 21.6 Å². The molecule has 1 amide bonds. The summed E-state index contributed by atoms with van der Waals surface area (Å²) in [5, 5.41) is 13.3. The zero-order valence-electron chi connectivity index (χ0n) is 23.4. The van der Waals surface area contributed by atoms with E-state index in [1.54, 1.807) is 42.7 Å². The minimum Gasteiger partial charge on any atom is -0.391 e. The van der Waals surface area contributed by atoms with Gasteiger partial charge in [-0.1, -0.05) is 113 Å². The highest BCUT2D eigenvalue weighted by atomic mass is 33.1. The Morgan fingerprint density at radius 2 is 1.40 bits per heavy atom. The van der Waals surface area contributed by atoms with Crippen molar-refractivity contribution in [2.24, 2.45) is 0 Å². The molecule has 40 heavy (non-hydrogen) atoms. The molecule has 0 saturated carbocycles. The van der Waals surface area contributed by atoms with Gasteiger partial charge in [0.2, 0.25) is 11.7 Å². The molecule has 1 aliphatic rings. The average Bonchev–Trinajstić information content (AvgIpc) is 3.37. The fourth-order valence-corrected chi connectivity index (χ4v) is 8.94. The quantitative estimate of drug-likeness (QED) is 0.103. The third-order valence-corrected chi connectivity index (χ3v) is 10.4. The Bertz CT molecular complexity index is 1100. The Hall–Kier alpha value is -2.33. The summed E-state index contributed by atoms with van der Waals surface area (Å²) in [7, 11) is 6.47. The summed E-state index contributed by atoms with van der Waals surface area (Å²) in [5.74, 6) is -0.352. The van der Waals surface area contributed by atoms with Crippen LogP contribution in [0.1, 0.15) is 49.3 Å². The normalized spacial score (nSPS) is 19.3. The van der Waals surface area contributed by atoms with Crippen LogP contribution < -0.4 is 5.32 Å². The molecule has 3 aromatic rings. The first-order valence-electron chi connectivity index (χ1n) is 13.6. The van der Waals surface area contributed by atoms with Gasteiger partial charge in [-0.2, -0.15) is 0 Å². The molecule has 6 nitrogen and oxygen atoms in total. The first-order valence-corrected chi connectivity index (χ1v) is 15.9. The Morgan fingerprint density at radius 1 is 0.900 bits per heavy atom. The molecule has 1 aliphatic heterocycles. The van der Waals surface area contributed by atoms with Gasteiger partial charge >= 0.3 is 0 Å². The number of aliphatic hydroxyl groups excluding tert-OH is 1. The summed E-state index contributed by atoms with van der Waals surface area (Å²) in [6, 6.07) is 30.4. The predicted octanol–water partition coefficient (Wildman–Crippen LogP) is 6.13. The first-order chi connectivity index (χ1) is 19.4. The summed E-state index contributed by atoms with van der Waals surface area (Å²) < 4.78 is 17.9. The van der Waals surface area contributed by atoms with Crippen molar-refractivity contribution in [2.75, 3.05) is 26.6 Å². The van der Waals surface area contributed by atoms with E-state index in [1.807, 2.05) is 54.6 Å². The van der Waals surface area contributed by atoms with Gasteiger partial charge in [0.15, 0.2) is 4.93 Å². The van der Waals surface area contributed by atoms with E-state index in [4.69, 9.17) is 14.2 Å². The van der Waals surface area contributed by atoms with Crippen molar-refractivity contribution in [3.8, 4) is 0 Å². The number of amides is 1. The topological polar surface area (TPSA) is 77.0 Å². The molecule has 0 aliphatic carbocycles. The van der Waals surface area contributed by atoms with Gasteiger partial charge in [-0.15, -0.1) is 0 Å². The first kappa shape index (κ1) is 30.6. The number of hydrogen-bond acceptors (Lipinski definition) is 7. The minimum absolute atomic E-state index is 0.0336. The third-order valence-electron chi connectivity index (χ3n) is 7.35. The second-order valence-electron chi connectivity index (χ2n) is 10.0. The summed E-state index contributed by atoms with van der Waals surface area (Å²) in [6.45, 7) is 1.88. The summed E-state index contributed by atoms with van der Waals surface area (Å²) >= 11 is 0. The maximum absolute atomic E-state index is 13.7. The van der Waals surface area contributed by atoms with Crippen LogP contribution in [0.2, 0.25) is 0 Å². The molecular formula is C32H39NO5S2. The van der Waals surface area contributed by atoms with Gasteiger partial charge in [-0.3, -0.25) is 4.79 Å². The maximum atomic E-state index is 13.7. The van der Waals surface area contributed by atoms with E-state index >= 15 is 0 Å². The second-order valence-corrected chi connectivity index (χ2v) is 12.6. The van der Waals surface area contributed by atoms with Gasteiger partial charge in [0.25, 0.3) is 0 Å². The number of aliphatic hydroxyl groups is 1. The molecule has 0 spiro atoms. The van der Waals surface area contributed by atoms with Crippen molar-refractivity contribution in [1.29, 1.82) is 0 Å². The molecule has 1 heterocycles. The number of unbranched alkanes of at least 4 members (excludes halogenated alkanes) is 1. The molecule has 1 saturated heterocycles. The highest BCUT2D eigenvalue weighted by Gasteiger charge is 2.59. The molecule has 214 valence electrons. The van der Waals surface area contributed by atoms with Crippen LogP contribution in [0.25, 0.3) is 0 Å². The maximum Gasteiger partial charge on any atom is 0.221 e. The Balaban J connectivity index is 1.53. The predicted molar refractivity (Wildman–Crippen MR) is 163 cm³/mol. The van der Waals surface area contributed by atoms with Crippen LogP contribution in [0.4, 0.5) is 0 Å². The summed E-state index contributed by atoms with van der Waals surface area (Å²) in [6.07, 6.45) is 1.75. The average molecular weight is 582 g/mol. The number of ether oxygens (including phenoxy) is 3. The van der Waals surface area contributed by atoms with E-state index in [9.17, 15) is 9.90 Å². The van der Waals surface area contributed by atoms with Crippen LogP contribution in [0.3, 0.4) is 0 Å². The summed E-state index contributed by atoms with van der Waals surface area (Å²) in [5.41, 5.74) is 2.16. The lowest BCUT2D eigenvalue weighted by atomic mass is 9.77. The summed E-state index contributed by atoms with van der Waals surface area (Å²) in [4.78, 5) is 12.9. The number of hydrogen-bond donors (Lipinski definition) is 2. The molecule has 4 rings (SSSR count). The zero-order chi connectivity index (χ0) is 28.5. The highest BCUT2D eigenvalue weighted by molar-refractivity contribution is 8.77. The number of rotatable bonds is 14. The molecular weight excluding hydrogens is 542 g/mol. The van der Waals surface area contributed by atoms with Crippen LogP contribution in [-0.2, 0) is 24.5 Å².